The Morgan fingerprint density at radius 2 is 1.77 bits per heavy atom. The zero-order chi connectivity index (χ0) is 24.7. The van der Waals surface area contributed by atoms with Crippen molar-refractivity contribution in [2.24, 2.45) is 18.9 Å². The van der Waals surface area contributed by atoms with Gasteiger partial charge in [-0.3, -0.25) is 9.52 Å². The van der Waals surface area contributed by atoms with Gasteiger partial charge >= 0.3 is 0 Å². The van der Waals surface area contributed by atoms with Crippen molar-refractivity contribution in [3.05, 3.63) is 60.0 Å². The van der Waals surface area contributed by atoms with E-state index in [1.807, 2.05) is 19.2 Å². The van der Waals surface area contributed by atoms with E-state index >= 15 is 0 Å². The number of rotatable bonds is 5. The minimum atomic E-state index is -3.83. The van der Waals surface area contributed by atoms with E-state index in [1.54, 1.807) is 6.07 Å². The summed E-state index contributed by atoms with van der Waals surface area (Å²) in [6, 6.07) is 10.3. The lowest BCUT2D eigenvalue weighted by Gasteiger charge is -2.38. The van der Waals surface area contributed by atoms with E-state index in [1.165, 1.54) is 17.7 Å². The van der Waals surface area contributed by atoms with Gasteiger partial charge in [0.25, 0.3) is 10.0 Å². The fourth-order valence-electron chi connectivity index (χ4n) is 5.85. The second-order valence-electron chi connectivity index (χ2n) is 10.1. The summed E-state index contributed by atoms with van der Waals surface area (Å²) in [4.78, 5) is 15.0. The van der Waals surface area contributed by atoms with Gasteiger partial charge in [-0.25, -0.2) is 12.8 Å². The summed E-state index contributed by atoms with van der Waals surface area (Å²) in [5.41, 5.74) is 2.68. The highest BCUT2D eigenvalue weighted by Crippen LogP contribution is 2.39. The number of nitrogens with zero attached hydrogens (tertiary/aromatic N) is 2. The summed E-state index contributed by atoms with van der Waals surface area (Å²) in [7, 11) is -1.84. The number of aryl methyl sites for hydroxylation is 1. The normalized spacial score (nSPS) is 21.5. The summed E-state index contributed by atoms with van der Waals surface area (Å²) < 4.78 is 43.6. The summed E-state index contributed by atoms with van der Waals surface area (Å²) in [6.45, 7) is 3.73. The molecule has 2 heterocycles. The molecule has 2 aliphatic rings. The lowest BCUT2D eigenvalue weighted by molar-refractivity contribution is -0.137. The van der Waals surface area contributed by atoms with Crippen LogP contribution in [0.4, 0.5) is 10.1 Å². The number of benzene rings is 2. The van der Waals surface area contributed by atoms with Gasteiger partial charge < -0.3 is 9.47 Å². The Kier molecular flexibility index (Phi) is 6.34. The average molecular weight is 498 g/mol. The van der Waals surface area contributed by atoms with Crippen molar-refractivity contribution in [3.63, 3.8) is 0 Å². The molecule has 2 fully saturated rings. The molecular formula is C27H32FN3O3S. The van der Waals surface area contributed by atoms with Crippen LogP contribution in [0.3, 0.4) is 0 Å². The number of carbonyl (C=O) groups is 1. The van der Waals surface area contributed by atoms with Gasteiger partial charge in [0.2, 0.25) is 5.91 Å². The van der Waals surface area contributed by atoms with Crippen LogP contribution in [0, 0.1) is 17.7 Å². The highest BCUT2D eigenvalue weighted by atomic mass is 32.2. The standard InChI is InChI=1S/C27H32FN3O3S/c1-18-16-31(27(32)19-5-3-4-6-19)14-13-23(18)25-17-30(2)26-12-9-21(15-24(25)26)29-35(33,34)22-10-7-20(28)8-11-22/h7-12,15,17-19,23,29H,3-6,13-14,16H2,1-2H3/t18-,23+/m0/s1. The number of aromatic nitrogens is 1. The molecule has 2 atom stereocenters. The molecule has 1 aliphatic heterocycles. The predicted molar refractivity (Wildman–Crippen MR) is 135 cm³/mol. The molecule has 0 unspecified atom stereocenters. The molecule has 8 heteroatoms. The number of likely N-dealkylation sites (tertiary alicyclic amines) is 1. The van der Waals surface area contributed by atoms with Crippen molar-refractivity contribution >= 4 is 32.5 Å². The molecule has 1 saturated carbocycles. The molecule has 0 bridgehead atoms. The SMILES string of the molecule is C[C@H]1CN(C(=O)C2CCCC2)CC[C@H]1c1cn(C)c2ccc(NS(=O)(=O)c3ccc(F)cc3)cc12. The summed E-state index contributed by atoms with van der Waals surface area (Å²) in [5.74, 6) is 0.634. The molecule has 3 aromatic rings. The van der Waals surface area contributed by atoms with Crippen molar-refractivity contribution < 1.29 is 17.6 Å². The summed E-state index contributed by atoms with van der Waals surface area (Å²) in [6.07, 6.45) is 7.39. The van der Waals surface area contributed by atoms with Crippen molar-refractivity contribution in [2.45, 2.75) is 49.8 Å². The Labute approximate surface area is 206 Å². The number of nitrogens with one attached hydrogen (secondary N) is 1. The molecule has 0 radical (unpaired) electrons. The van der Waals surface area contributed by atoms with Crippen LogP contribution < -0.4 is 4.72 Å². The zero-order valence-electron chi connectivity index (χ0n) is 20.2. The Hall–Kier alpha value is -2.87. The molecule has 186 valence electrons. The lowest BCUT2D eigenvalue weighted by atomic mass is 9.81. The third kappa shape index (κ3) is 4.68. The molecule has 1 amide bonds. The second kappa shape index (κ2) is 9.30. The minimum absolute atomic E-state index is 0.0141. The van der Waals surface area contributed by atoms with Crippen LogP contribution in [0.25, 0.3) is 10.9 Å². The molecule has 1 N–H and O–H groups in total. The first kappa shape index (κ1) is 23.9. The van der Waals surface area contributed by atoms with Crippen LogP contribution in [-0.2, 0) is 21.9 Å². The molecule has 2 aromatic carbocycles. The van der Waals surface area contributed by atoms with Gasteiger partial charge in [-0.05, 0) is 79.1 Å². The van der Waals surface area contributed by atoms with Gasteiger partial charge in [0.1, 0.15) is 5.82 Å². The number of hydrogen-bond donors (Lipinski definition) is 1. The van der Waals surface area contributed by atoms with Crippen LogP contribution in [0.5, 0.6) is 0 Å². The van der Waals surface area contributed by atoms with Gasteiger partial charge in [-0.15, -0.1) is 0 Å². The number of anilines is 1. The summed E-state index contributed by atoms with van der Waals surface area (Å²) in [5, 5.41) is 1.01. The van der Waals surface area contributed by atoms with Gasteiger partial charge in [0.15, 0.2) is 0 Å². The minimum Gasteiger partial charge on any atom is -0.350 e. The number of piperidine rings is 1. The van der Waals surface area contributed by atoms with E-state index in [9.17, 15) is 17.6 Å². The van der Waals surface area contributed by atoms with Gasteiger partial charge in [-0.1, -0.05) is 19.8 Å². The number of hydrogen-bond acceptors (Lipinski definition) is 3. The molecule has 35 heavy (non-hydrogen) atoms. The first-order chi connectivity index (χ1) is 16.7. The van der Waals surface area contributed by atoms with Gasteiger partial charge in [0.05, 0.1) is 4.90 Å². The lowest BCUT2D eigenvalue weighted by Crippen LogP contribution is -2.44. The van der Waals surface area contributed by atoms with E-state index in [4.69, 9.17) is 0 Å². The van der Waals surface area contributed by atoms with E-state index in [-0.39, 0.29) is 16.7 Å². The molecule has 1 saturated heterocycles. The molecular weight excluding hydrogens is 465 g/mol. The van der Waals surface area contributed by atoms with Crippen LogP contribution in [0.15, 0.2) is 53.6 Å². The first-order valence-corrected chi connectivity index (χ1v) is 13.9. The van der Waals surface area contributed by atoms with E-state index in [0.717, 1.165) is 68.2 Å². The van der Waals surface area contributed by atoms with Crippen LogP contribution >= 0.6 is 0 Å². The van der Waals surface area contributed by atoms with Crippen LogP contribution in [0.2, 0.25) is 0 Å². The largest absolute Gasteiger partial charge is 0.350 e. The van der Waals surface area contributed by atoms with Gasteiger partial charge in [-0.2, -0.15) is 0 Å². The molecule has 1 aliphatic carbocycles. The van der Waals surface area contributed by atoms with E-state index < -0.39 is 15.8 Å². The predicted octanol–water partition coefficient (Wildman–Crippen LogP) is 5.26. The second-order valence-corrected chi connectivity index (χ2v) is 11.8. The fourth-order valence-corrected chi connectivity index (χ4v) is 6.90. The number of amides is 1. The smallest absolute Gasteiger partial charge is 0.261 e. The number of carbonyl (C=O) groups excluding carboxylic acids is 1. The Balaban J connectivity index is 1.38. The van der Waals surface area contributed by atoms with Crippen LogP contribution in [-0.4, -0.2) is 36.9 Å². The molecule has 0 spiro atoms. The van der Waals surface area contributed by atoms with Crippen molar-refractivity contribution in [1.82, 2.24) is 9.47 Å². The van der Waals surface area contributed by atoms with Crippen LogP contribution in [0.1, 0.15) is 50.5 Å². The fraction of sp³-hybridized carbons (Fsp3) is 0.444. The number of halogens is 1. The zero-order valence-corrected chi connectivity index (χ0v) is 21.0. The van der Waals surface area contributed by atoms with E-state index in [0.29, 0.717) is 17.5 Å². The van der Waals surface area contributed by atoms with Crippen molar-refractivity contribution in [2.75, 3.05) is 17.8 Å². The topological polar surface area (TPSA) is 71.4 Å². The quantitative estimate of drug-likeness (QED) is 0.523. The maximum absolute atomic E-state index is 13.2. The maximum Gasteiger partial charge on any atom is 0.261 e. The average Bonchev–Trinajstić information content (AvgIpc) is 3.47. The maximum atomic E-state index is 13.2. The molecule has 6 nitrogen and oxygen atoms in total. The Bertz CT molecular complexity index is 1340. The number of fused-ring (bicyclic) bond motifs is 1. The van der Waals surface area contributed by atoms with E-state index in [2.05, 4.69) is 27.3 Å². The third-order valence-electron chi connectivity index (χ3n) is 7.72. The molecule has 1 aromatic heterocycles. The summed E-state index contributed by atoms with van der Waals surface area (Å²) >= 11 is 0. The Morgan fingerprint density at radius 1 is 1.06 bits per heavy atom. The molecule has 5 rings (SSSR count). The highest BCUT2D eigenvalue weighted by Gasteiger charge is 2.34. The Morgan fingerprint density at radius 3 is 2.46 bits per heavy atom. The van der Waals surface area contributed by atoms with Gasteiger partial charge in [0, 0.05) is 48.8 Å². The highest BCUT2D eigenvalue weighted by molar-refractivity contribution is 7.92. The third-order valence-corrected chi connectivity index (χ3v) is 9.11. The monoisotopic (exact) mass is 497 g/mol. The first-order valence-electron chi connectivity index (χ1n) is 12.4. The van der Waals surface area contributed by atoms with Crippen molar-refractivity contribution in [3.8, 4) is 0 Å². The van der Waals surface area contributed by atoms with Crippen molar-refractivity contribution in [1.29, 1.82) is 0 Å². The number of sulfonamides is 1.